The smallest absolute Gasteiger partial charge is 0.410 e. The van der Waals surface area contributed by atoms with Crippen LogP contribution < -0.4 is 0 Å². The summed E-state index contributed by atoms with van der Waals surface area (Å²) in [5, 5.41) is 0. The van der Waals surface area contributed by atoms with Gasteiger partial charge in [0.25, 0.3) is 5.91 Å². The topological polar surface area (TPSA) is 83.5 Å². The van der Waals surface area contributed by atoms with Gasteiger partial charge in [-0.25, -0.2) is 9.78 Å². The fourth-order valence-electron chi connectivity index (χ4n) is 5.26. The summed E-state index contributed by atoms with van der Waals surface area (Å²) in [5.74, 6) is 1.25. The monoisotopic (exact) mass is 477 g/mol. The Kier molecular flexibility index (Phi) is 6.30. The van der Waals surface area contributed by atoms with Crippen LogP contribution in [0, 0.1) is 0 Å². The summed E-state index contributed by atoms with van der Waals surface area (Å²) in [4.78, 5) is 38.0. The third-order valence-corrected chi connectivity index (χ3v) is 7.01. The molecule has 1 N–H and O–H groups in total. The maximum absolute atomic E-state index is 13.6. The summed E-state index contributed by atoms with van der Waals surface area (Å²) in [5.41, 5.74) is 2.24. The number of piperidine rings is 2. The minimum atomic E-state index is -0.497. The van der Waals surface area contributed by atoms with Gasteiger partial charge < -0.3 is 24.1 Å². The van der Waals surface area contributed by atoms with Crippen molar-refractivity contribution in [3.05, 3.63) is 54.1 Å². The molecule has 0 spiro atoms. The quantitative estimate of drug-likeness (QED) is 0.578. The van der Waals surface area contributed by atoms with Crippen molar-refractivity contribution in [3.8, 4) is 0 Å². The standard InChI is InChI=1S/C27H35N5O3/c1-27(2,3)35-26(34)30-16-12-20(13-17-30)32-15-7-11-23(32)25(33)31-14-6-8-19(18-31)24-28-21-9-4-5-10-22(21)29-24/h4-5,7,9-11,15,19-20H,6,8,12-14,16-18H2,1-3H3,(H,28,29). The van der Waals surface area contributed by atoms with Crippen LogP contribution in [-0.4, -0.2) is 68.1 Å². The Morgan fingerprint density at radius 3 is 2.51 bits per heavy atom. The largest absolute Gasteiger partial charge is 0.444 e. The Morgan fingerprint density at radius 2 is 1.77 bits per heavy atom. The average Bonchev–Trinajstić information content (AvgIpc) is 3.50. The van der Waals surface area contributed by atoms with E-state index in [9.17, 15) is 9.59 Å². The molecule has 2 aliphatic rings. The van der Waals surface area contributed by atoms with Crippen molar-refractivity contribution in [3.63, 3.8) is 0 Å². The lowest BCUT2D eigenvalue weighted by molar-refractivity contribution is 0.0186. The van der Waals surface area contributed by atoms with Gasteiger partial charge in [-0.3, -0.25) is 4.79 Å². The van der Waals surface area contributed by atoms with Crippen molar-refractivity contribution < 1.29 is 14.3 Å². The Hall–Kier alpha value is -3.29. The van der Waals surface area contributed by atoms with Crippen LogP contribution in [0.5, 0.6) is 0 Å². The molecule has 2 saturated heterocycles. The van der Waals surface area contributed by atoms with E-state index >= 15 is 0 Å². The first-order valence-electron chi connectivity index (χ1n) is 12.7. The van der Waals surface area contributed by atoms with E-state index in [-0.39, 0.29) is 24.0 Å². The maximum Gasteiger partial charge on any atom is 0.410 e. The van der Waals surface area contributed by atoms with Crippen molar-refractivity contribution in [2.45, 2.75) is 64.0 Å². The Bertz CT molecular complexity index is 1170. The predicted octanol–water partition coefficient (Wildman–Crippen LogP) is 4.96. The highest BCUT2D eigenvalue weighted by molar-refractivity contribution is 5.93. The van der Waals surface area contributed by atoms with E-state index in [0.29, 0.717) is 19.6 Å². The van der Waals surface area contributed by atoms with Crippen LogP contribution in [0.2, 0.25) is 0 Å². The van der Waals surface area contributed by atoms with E-state index in [1.165, 1.54) is 0 Å². The van der Waals surface area contributed by atoms with Crippen molar-refractivity contribution in [2.24, 2.45) is 0 Å². The number of hydrogen-bond donors (Lipinski definition) is 1. The van der Waals surface area contributed by atoms with Crippen molar-refractivity contribution in [2.75, 3.05) is 26.2 Å². The lowest BCUT2D eigenvalue weighted by Gasteiger charge is -2.35. The first-order valence-corrected chi connectivity index (χ1v) is 12.7. The number of imidazole rings is 1. The number of nitrogens with zero attached hydrogens (tertiary/aromatic N) is 4. The number of likely N-dealkylation sites (tertiary alicyclic amines) is 2. The number of rotatable bonds is 3. The molecule has 2 aliphatic heterocycles. The summed E-state index contributed by atoms with van der Waals surface area (Å²) in [6, 6.07) is 12.1. The molecule has 186 valence electrons. The first kappa shape index (κ1) is 23.5. The Labute approximate surface area is 206 Å². The number of ether oxygens (including phenoxy) is 1. The van der Waals surface area contributed by atoms with Crippen LogP contribution >= 0.6 is 0 Å². The van der Waals surface area contributed by atoms with E-state index in [2.05, 4.69) is 9.55 Å². The Morgan fingerprint density at radius 1 is 1.00 bits per heavy atom. The van der Waals surface area contributed by atoms with Crippen LogP contribution in [0.25, 0.3) is 11.0 Å². The van der Waals surface area contributed by atoms with Crippen molar-refractivity contribution in [1.29, 1.82) is 0 Å². The highest BCUT2D eigenvalue weighted by Gasteiger charge is 2.32. The van der Waals surface area contributed by atoms with Gasteiger partial charge in [0.1, 0.15) is 17.1 Å². The lowest BCUT2D eigenvalue weighted by atomic mass is 9.97. The molecule has 1 atom stereocenters. The molecule has 2 aromatic heterocycles. The van der Waals surface area contributed by atoms with Crippen LogP contribution in [-0.2, 0) is 4.74 Å². The number of amides is 2. The number of benzene rings is 1. The zero-order valence-electron chi connectivity index (χ0n) is 20.9. The van der Waals surface area contributed by atoms with E-state index in [0.717, 1.165) is 54.8 Å². The fourth-order valence-corrected chi connectivity index (χ4v) is 5.26. The number of fused-ring (bicyclic) bond motifs is 1. The van der Waals surface area contributed by atoms with Gasteiger partial charge in [-0.2, -0.15) is 0 Å². The molecule has 1 unspecified atom stereocenters. The summed E-state index contributed by atoms with van der Waals surface area (Å²) in [6.07, 6.45) is 5.33. The highest BCUT2D eigenvalue weighted by Crippen LogP contribution is 2.30. The number of aromatic amines is 1. The number of carbonyl (C=O) groups excluding carboxylic acids is 2. The van der Waals surface area contributed by atoms with Crippen LogP contribution in [0.1, 0.15) is 74.7 Å². The molecule has 4 heterocycles. The van der Waals surface area contributed by atoms with Gasteiger partial charge in [-0.05, 0) is 70.7 Å². The predicted molar refractivity (Wildman–Crippen MR) is 134 cm³/mol. The van der Waals surface area contributed by atoms with Gasteiger partial charge in [0.05, 0.1) is 11.0 Å². The Balaban J connectivity index is 1.24. The average molecular weight is 478 g/mol. The molecule has 0 radical (unpaired) electrons. The summed E-state index contributed by atoms with van der Waals surface area (Å²) in [7, 11) is 0. The van der Waals surface area contributed by atoms with E-state index in [1.807, 2.05) is 68.3 Å². The van der Waals surface area contributed by atoms with Crippen LogP contribution in [0.3, 0.4) is 0 Å². The van der Waals surface area contributed by atoms with E-state index in [1.54, 1.807) is 4.90 Å². The molecule has 5 rings (SSSR count). The van der Waals surface area contributed by atoms with Gasteiger partial charge in [-0.1, -0.05) is 12.1 Å². The second-order valence-corrected chi connectivity index (χ2v) is 10.7. The third-order valence-electron chi connectivity index (χ3n) is 7.01. The molecule has 35 heavy (non-hydrogen) atoms. The van der Waals surface area contributed by atoms with Crippen LogP contribution in [0.4, 0.5) is 4.79 Å². The molecule has 2 fully saturated rings. The minimum Gasteiger partial charge on any atom is -0.444 e. The molecular weight excluding hydrogens is 442 g/mol. The number of carbonyl (C=O) groups is 2. The number of aromatic nitrogens is 3. The summed E-state index contributed by atoms with van der Waals surface area (Å²) < 4.78 is 7.63. The van der Waals surface area contributed by atoms with Crippen LogP contribution in [0.15, 0.2) is 42.6 Å². The van der Waals surface area contributed by atoms with Gasteiger partial charge in [0.15, 0.2) is 0 Å². The molecule has 0 saturated carbocycles. The third kappa shape index (κ3) is 5.06. The number of nitrogens with one attached hydrogen (secondary N) is 1. The molecule has 3 aromatic rings. The second-order valence-electron chi connectivity index (χ2n) is 10.7. The lowest BCUT2D eigenvalue weighted by Crippen LogP contribution is -2.43. The summed E-state index contributed by atoms with van der Waals surface area (Å²) in [6.45, 7) is 8.34. The van der Waals surface area contributed by atoms with Gasteiger partial charge in [-0.15, -0.1) is 0 Å². The molecule has 0 bridgehead atoms. The zero-order valence-corrected chi connectivity index (χ0v) is 20.9. The van der Waals surface area contributed by atoms with Gasteiger partial charge in [0, 0.05) is 44.3 Å². The van der Waals surface area contributed by atoms with Crippen molar-refractivity contribution in [1.82, 2.24) is 24.3 Å². The number of para-hydroxylation sites is 2. The highest BCUT2D eigenvalue weighted by atomic mass is 16.6. The van der Waals surface area contributed by atoms with Gasteiger partial charge in [0.2, 0.25) is 0 Å². The number of hydrogen-bond acceptors (Lipinski definition) is 4. The maximum atomic E-state index is 13.6. The van der Waals surface area contributed by atoms with Gasteiger partial charge >= 0.3 is 6.09 Å². The zero-order chi connectivity index (χ0) is 24.6. The molecular formula is C27H35N5O3. The first-order chi connectivity index (χ1) is 16.8. The summed E-state index contributed by atoms with van der Waals surface area (Å²) >= 11 is 0. The second kappa shape index (κ2) is 9.40. The normalized spacial score (nSPS) is 19.8. The minimum absolute atomic E-state index is 0.0744. The fraction of sp³-hybridized carbons (Fsp3) is 0.519. The van der Waals surface area contributed by atoms with E-state index < -0.39 is 5.60 Å². The molecule has 8 heteroatoms. The number of H-pyrrole nitrogens is 1. The molecule has 8 nitrogen and oxygen atoms in total. The SMILES string of the molecule is CC(C)(C)OC(=O)N1CCC(n2cccc2C(=O)N2CCCC(c3nc4ccccc4[nH]3)C2)CC1. The molecule has 2 amide bonds. The van der Waals surface area contributed by atoms with Crippen molar-refractivity contribution >= 4 is 23.0 Å². The molecule has 0 aliphatic carbocycles. The van der Waals surface area contributed by atoms with E-state index in [4.69, 9.17) is 9.72 Å². The molecule has 1 aromatic carbocycles.